The second-order valence-electron chi connectivity index (χ2n) is 5.68. The zero-order valence-electron chi connectivity index (χ0n) is 13.2. The summed E-state index contributed by atoms with van der Waals surface area (Å²) in [5.41, 5.74) is 2.36. The molecule has 1 saturated heterocycles. The Hall–Kier alpha value is -1.55. The Bertz CT molecular complexity index is 468. The molecule has 0 aromatic heterocycles. The third-order valence-electron chi connectivity index (χ3n) is 3.98. The number of likely N-dealkylation sites (tertiary alicyclic amines) is 1. The Labute approximate surface area is 127 Å². The number of carbonyl (C=O) groups is 1. The fourth-order valence-corrected chi connectivity index (χ4v) is 2.77. The van der Waals surface area contributed by atoms with E-state index in [1.165, 1.54) is 12.0 Å². The second kappa shape index (κ2) is 8.03. The normalized spacial score (nSPS) is 15.0. The van der Waals surface area contributed by atoms with Gasteiger partial charge in [0.05, 0.1) is 7.11 Å². The summed E-state index contributed by atoms with van der Waals surface area (Å²) in [5.74, 6) is 1.17. The number of aryl methyl sites for hydroxylation is 1. The van der Waals surface area contributed by atoms with Gasteiger partial charge < -0.3 is 15.0 Å². The first-order chi connectivity index (χ1) is 10.2. The van der Waals surface area contributed by atoms with Crippen molar-refractivity contribution in [3.05, 3.63) is 29.3 Å². The average molecular weight is 290 g/mol. The molecular weight excluding hydrogens is 264 g/mol. The van der Waals surface area contributed by atoms with E-state index in [1.54, 1.807) is 7.11 Å². The van der Waals surface area contributed by atoms with Gasteiger partial charge in [-0.1, -0.05) is 17.7 Å². The molecule has 0 unspecified atom stereocenters. The van der Waals surface area contributed by atoms with Crippen molar-refractivity contribution >= 4 is 5.91 Å². The molecule has 116 valence electrons. The number of ether oxygens (including phenoxy) is 1. The van der Waals surface area contributed by atoms with E-state index in [0.717, 1.165) is 43.8 Å². The summed E-state index contributed by atoms with van der Waals surface area (Å²) in [6.07, 6.45) is 4.14. The number of nitrogens with one attached hydrogen (secondary N) is 1. The quantitative estimate of drug-likeness (QED) is 0.819. The molecule has 0 atom stereocenters. The van der Waals surface area contributed by atoms with Crippen molar-refractivity contribution in [2.75, 3.05) is 26.7 Å². The summed E-state index contributed by atoms with van der Waals surface area (Å²) in [4.78, 5) is 14.0. The van der Waals surface area contributed by atoms with Crippen LogP contribution in [0.25, 0.3) is 0 Å². The first-order valence-electron chi connectivity index (χ1n) is 7.82. The van der Waals surface area contributed by atoms with E-state index in [4.69, 9.17) is 4.74 Å². The van der Waals surface area contributed by atoms with Gasteiger partial charge in [-0.15, -0.1) is 0 Å². The van der Waals surface area contributed by atoms with Gasteiger partial charge in [0.25, 0.3) is 0 Å². The fraction of sp³-hybridized carbons (Fsp3) is 0.588. The van der Waals surface area contributed by atoms with Crippen molar-refractivity contribution in [1.29, 1.82) is 0 Å². The molecule has 1 aromatic carbocycles. The maximum atomic E-state index is 12.0. The molecular formula is C17H26N2O2. The van der Waals surface area contributed by atoms with Crippen molar-refractivity contribution in [3.8, 4) is 5.75 Å². The Morgan fingerprint density at radius 2 is 2.05 bits per heavy atom. The number of benzene rings is 1. The largest absolute Gasteiger partial charge is 0.496 e. The van der Waals surface area contributed by atoms with Crippen molar-refractivity contribution < 1.29 is 9.53 Å². The molecule has 0 radical (unpaired) electrons. The van der Waals surface area contributed by atoms with Crippen LogP contribution in [0.4, 0.5) is 0 Å². The Morgan fingerprint density at radius 3 is 2.76 bits per heavy atom. The summed E-state index contributed by atoms with van der Waals surface area (Å²) in [6, 6.07) is 6.16. The van der Waals surface area contributed by atoms with Crippen molar-refractivity contribution in [1.82, 2.24) is 10.2 Å². The number of nitrogens with zero attached hydrogens (tertiary/aromatic N) is 1. The third-order valence-corrected chi connectivity index (χ3v) is 3.98. The van der Waals surface area contributed by atoms with E-state index in [2.05, 4.69) is 18.3 Å². The summed E-state index contributed by atoms with van der Waals surface area (Å²) in [6.45, 7) is 5.39. The predicted molar refractivity (Wildman–Crippen MR) is 84.5 cm³/mol. The number of rotatable bonds is 6. The molecule has 1 aliphatic rings. The van der Waals surface area contributed by atoms with Crippen LogP contribution >= 0.6 is 0 Å². The van der Waals surface area contributed by atoms with Crippen LogP contribution in [0.3, 0.4) is 0 Å². The molecule has 1 heterocycles. The van der Waals surface area contributed by atoms with Crippen LogP contribution < -0.4 is 10.1 Å². The van der Waals surface area contributed by atoms with Crippen molar-refractivity contribution in [3.63, 3.8) is 0 Å². The highest BCUT2D eigenvalue weighted by atomic mass is 16.5. The molecule has 0 spiro atoms. The molecule has 0 saturated carbocycles. The van der Waals surface area contributed by atoms with Gasteiger partial charge in [-0.3, -0.25) is 4.79 Å². The Kier molecular flexibility index (Phi) is 6.05. The zero-order valence-corrected chi connectivity index (χ0v) is 13.2. The van der Waals surface area contributed by atoms with Gasteiger partial charge in [0, 0.05) is 38.2 Å². The van der Waals surface area contributed by atoms with E-state index in [1.807, 2.05) is 17.0 Å². The number of amides is 1. The maximum Gasteiger partial charge on any atom is 0.223 e. The van der Waals surface area contributed by atoms with Crippen LogP contribution in [0.5, 0.6) is 5.75 Å². The van der Waals surface area contributed by atoms with Gasteiger partial charge in [-0.25, -0.2) is 0 Å². The monoisotopic (exact) mass is 290 g/mol. The minimum atomic E-state index is 0.276. The Morgan fingerprint density at radius 1 is 1.29 bits per heavy atom. The number of hydrogen-bond acceptors (Lipinski definition) is 3. The molecule has 0 aliphatic carbocycles. The lowest BCUT2D eigenvalue weighted by molar-refractivity contribution is -0.131. The molecule has 1 aliphatic heterocycles. The number of methoxy groups -OCH3 is 1. The van der Waals surface area contributed by atoms with Crippen LogP contribution in [0.1, 0.15) is 36.8 Å². The smallest absolute Gasteiger partial charge is 0.223 e. The molecule has 1 amide bonds. The molecule has 4 nitrogen and oxygen atoms in total. The Balaban J connectivity index is 1.74. The van der Waals surface area contributed by atoms with E-state index >= 15 is 0 Å². The van der Waals surface area contributed by atoms with E-state index < -0.39 is 0 Å². The van der Waals surface area contributed by atoms with Gasteiger partial charge >= 0.3 is 0 Å². The zero-order chi connectivity index (χ0) is 15.1. The summed E-state index contributed by atoms with van der Waals surface area (Å²) in [7, 11) is 1.69. The molecule has 1 aromatic rings. The van der Waals surface area contributed by atoms with E-state index in [9.17, 15) is 4.79 Å². The van der Waals surface area contributed by atoms with Crippen LogP contribution in [0.2, 0.25) is 0 Å². The van der Waals surface area contributed by atoms with Gasteiger partial charge in [-0.05, 0) is 32.3 Å². The van der Waals surface area contributed by atoms with Crippen LogP contribution in [-0.4, -0.2) is 37.6 Å². The third kappa shape index (κ3) is 4.74. The van der Waals surface area contributed by atoms with Crippen molar-refractivity contribution in [2.24, 2.45) is 0 Å². The molecule has 21 heavy (non-hydrogen) atoms. The molecule has 1 fully saturated rings. The lowest BCUT2D eigenvalue weighted by Gasteiger charge is -2.26. The van der Waals surface area contributed by atoms with E-state index in [-0.39, 0.29) is 5.91 Å². The molecule has 1 N–H and O–H groups in total. The predicted octanol–water partition coefficient (Wildman–Crippen LogP) is 2.50. The van der Waals surface area contributed by atoms with Crippen LogP contribution in [0.15, 0.2) is 18.2 Å². The van der Waals surface area contributed by atoms with Crippen molar-refractivity contribution in [2.45, 2.75) is 39.2 Å². The maximum absolute atomic E-state index is 12.0. The minimum absolute atomic E-state index is 0.276. The lowest BCUT2D eigenvalue weighted by Crippen LogP contribution is -2.37. The van der Waals surface area contributed by atoms with Crippen LogP contribution in [0, 0.1) is 6.92 Å². The van der Waals surface area contributed by atoms with Gasteiger partial charge in [-0.2, -0.15) is 0 Å². The minimum Gasteiger partial charge on any atom is -0.496 e. The van der Waals surface area contributed by atoms with Gasteiger partial charge in [0.2, 0.25) is 5.91 Å². The first kappa shape index (κ1) is 15.8. The van der Waals surface area contributed by atoms with E-state index in [0.29, 0.717) is 13.0 Å². The lowest BCUT2D eigenvalue weighted by atomic mass is 10.1. The topological polar surface area (TPSA) is 41.6 Å². The first-order valence-corrected chi connectivity index (χ1v) is 7.82. The summed E-state index contributed by atoms with van der Waals surface area (Å²) < 4.78 is 5.36. The SMILES string of the molecule is COc1ccc(C)cc1CNCCC(=O)N1CCCCC1. The summed E-state index contributed by atoms with van der Waals surface area (Å²) in [5, 5.41) is 3.35. The van der Waals surface area contributed by atoms with Crippen LogP contribution in [-0.2, 0) is 11.3 Å². The highest BCUT2D eigenvalue weighted by molar-refractivity contribution is 5.76. The average Bonchev–Trinajstić information content (AvgIpc) is 2.52. The number of piperidine rings is 1. The van der Waals surface area contributed by atoms with Gasteiger partial charge in [0.15, 0.2) is 0 Å². The number of carbonyl (C=O) groups excluding carboxylic acids is 1. The molecule has 2 rings (SSSR count). The highest BCUT2D eigenvalue weighted by Crippen LogP contribution is 2.19. The second-order valence-corrected chi connectivity index (χ2v) is 5.68. The fourth-order valence-electron chi connectivity index (χ4n) is 2.77. The molecule has 4 heteroatoms. The molecule has 0 bridgehead atoms. The number of hydrogen-bond donors (Lipinski definition) is 1. The highest BCUT2D eigenvalue weighted by Gasteiger charge is 2.15. The van der Waals surface area contributed by atoms with Gasteiger partial charge in [0.1, 0.15) is 5.75 Å². The standard InChI is InChI=1S/C17H26N2O2/c1-14-6-7-16(21-2)15(12-14)13-18-9-8-17(20)19-10-4-3-5-11-19/h6-7,12,18H,3-5,8-11,13H2,1-2H3. The summed E-state index contributed by atoms with van der Waals surface area (Å²) >= 11 is 0.